The number of hydrogen-bond acceptors (Lipinski definition) is 3. The molecule has 0 bridgehead atoms. The summed E-state index contributed by atoms with van der Waals surface area (Å²) in [6.07, 6.45) is 3.25. The van der Waals surface area contributed by atoms with Gasteiger partial charge in [0, 0.05) is 18.5 Å². The number of amides is 2. The number of rotatable bonds is 6. The lowest BCUT2D eigenvalue weighted by molar-refractivity contribution is -0.139. The van der Waals surface area contributed by atoms with Crippen LogP contribution in [0.5, 0.6) is 0 Å². The van der Waals surface area contributed by atoms with Crippen molar-refractivity contribution in [2.75, 3.05) is 0 Å². The van der Waals surface area contributed by atoms with Gasteiger partial charge in [-0.2, -0.15) is 0 Å². The molecule has 1 aromatic carbocycles. The van der Waals surface area contributed by atoms with Crippen LogP contribution in [-0.4, -0.2) is 23.1 Å². The van der Waals surface area contributed by atoms with Crippen LogP contribution in [0.2, 0.25) is 0 Å². The maximum absolute atomic E-state index is 11.7. The van der Waals surface area contributed by atoms with Gasteiger partial charge in [-0.15, -0.1) is 0 Å². The van der Waals surface area contributed by atoms with Crippen molar-refractivity contribution in [3.05, 3.63) is 60.1 Å². The van der Waals surface area contributed by atoms with E-state index in [0.717, 1.165) is 11.1 Å². The number of aliphatic carboxylic acids is 1. The average molecular weight is 288 g/mol. The fourth-order valence-corrected chi connectivity index (χ4v) is 1.83. The summed E-state index contributed by atoms with van der Waals surface area (Å²) in [5, 5.41) is 14.2. The lowest BCUT2D eigenvalue weighted by Crippen LogP contribution is -2.46. The zero-order valence-corrected chi connectivity index (χ0v) is 11.3. The molecule has 6 nitrogen and oxygen atoms in total. The first-order chi connectivity index (χ1) is 10.1. The van der Waals surface area contributed by atoms with Crippen molar-refractivity contribution in [3.63, 3.8) is 0 Å². The van der Waals surface area contributed by atoms with Crippen molar-refractivity contribution in [1.82, 2.24) is 10.6 Å². The number of hydrogen-bond donors (Lipinski definition) is 3. The van der Waals surface area contributed by atoms with Gasteiger partial charge < -0.3 is 20.2 Å². The molecule has 0 radical (unpaired) electrons. The van der Waals surface area contributed by atoms with Gasteiger partial charge in [0.25, 0.3) is 0 Å². The van der Waals surface area contributed by atoms with Gasteiger partial charge in [-0.25, -0.2) is 9.59 Å². The van der Waals surface area contributed by atoms with E-state index in [4.69, 9.17) is 4.42 Å². The average Bonchev–Trinajstić information content (AvgIpc) is 2.99. The van der Waals surface area contributed by atoms with Crippen LogP contribution < -0.4 is 10.6 Å². The molecule has 3 N–H and O–H groups in total. The monoisotopic (exact) mass is 288 g/mol. The molecule has 2 rings (SSSR count). The first-order valence-electron chi connectivity index (χ1n) is 6.47. The first kappa shape index (κ1) is 14.6. The summed E-state index contributed by atoms with van der Waals surface area (Å²) < 4.78 is 4.88. The van der Waals surface area contributed by atoms with E-state index in [2.05, 4.69) is 10.6 Å². The Hall–Kier alpha value is -2.76. The number of carboxylic acids is 1. The number of carboxylic acid groups (broad SMARTS) is 1. The summed E-state index contributed by atoms with van der Waals surface area (Å²) in [7, 11) is 0. The van der Waals surface area contributed by atoms with Crippen LogP contribution in [0.3, 0.4) is 0 Å². The summed E-state index contributed by atoms with van der Waals surface area (Å²) >= 11 is 0. The second kappa shape index (κ2) is 7.14. The summed E-state index contributed by atoms with van der Waals surface area (Å²) in [6.45, 7) is 0.278. The predicted octanol–water partition coefficient (Wildman–Crippen LogP) is 1.77. The van der Waals surface area contributed by atoms with Crippen molar-refractivity contribution in [2.24, 2.45) is 0 Å². The summed E-state index contributed by atoms with van der Waals surface area (Å²) in [4.78, 5) is 22.9. The molecule has 2 aromatic rings. The zero-order chi connectivity index (χ0) is 15.1. The van der Waals surface area contributed by atoms with Crippen LogP contribution in [0.4, 0.5) is 4.79 Å². The Bertz CT molecular complexity index is 581. The van der Waals surface area contributed by atoms with Crippen molar-refractivity contribution < 1.29 is 19.1 Å². The lowest BCUT2D eigenvalue weighted by Gasteiger charge is -2.15. The number of carbonyl (C=O) groups is 2. The van der Waals surface area contributed by atoms with Gasteiger partial charge in [-0.05, 0) is 11.6 Å². The van der Waals surface area contributed by atoms with Crippen LogP contribution in [0, 0.1) is 0 Å². The van der Waals surface area contributed by atoms with Crippen LogP contribution in [0.15, 0.2) is 53.3 Å². The highest BCUT2D eigenvalue weighted by molar-refractivity contribution is 5.82. The Morgan fingerprint density at radius 3 is 2.52 bits per heavy atom. The van der Waals surface area contributed by atoms with Gasteiger partial charge in [0.05, 0.1) is 12.5 Å². The van der Waals surface area contributed by atoms with Gasteiger partial charge in [-0.1, -0.05) is 30.3 Å². The number of nitrogens with one attached hydrogen (secondary N) is 2. The minimum absolute atomic E-state index is 0.231. The van der Waals surface area contributed by atoms with Crippen LogP contribution in [0.25, 0.3) is 0 Å². The van der Waals surface area contributed by atoms with E-state index < -0.39 is 18.0 Å². The molecule has 0 unspecified atom stereocenters. The molecule has 1 aromatic heterocycles. The van der Waals surface area contributed by atoms with E-state index in [9.17, 15) is 14.7 Å². The SMILES string of the molecule is O=C(NCc1ccoc1)N[C@H](Cc1ccccc1)C(=O)O. The number of carbonyl (C=O) groups excluding carboxylic acids is 1. The van der Waals surface area contributed by atoms with E-state index >= 15 is 0 Å². The molecule has 6 heteroatoms. The molecule has 2 amide bonds. The van der Waals surface area contributed by atoms with Gasteiger partial charge in [-0.3, -0.25) is 0 Å². The fraction of sp³-hybridized carbons (Fsp3) is 0.200. The fourth-order valence-electron chi connectivity index (χ4n) is 1.83. The predicted molar refractivity (Wildman–Crippen MR) is 75.6 cm³/mol. The van der Waals surface area contributed by atoms with Crippen molar-refractivity contribution in [1.29, 1.82) is 0 Å². The highest BCUT2D eigenvalue weighted by Gasteiger charge is 2.20. The Balaban J connectivity index is 1.87. The van der Waals surface area contributed by atoms with Crippen molar-refractivity contribution in [3.8, 4) is 0 Å². The molecule has 1 atom stereocenters. The molecule has 110 valence electrons. The highest BCUT2D eigenvalue weighted by atomic mass is 16.4. The molecule has 1 heterocycles. The molecule has 0 saturated heterocycles. The van der Waals surface area contributed by atoms with Crippen molar-refractivity contribution in [2.45, 2.75) is 19.0 Å². The lowest BCUT2D eigenvalue weighted by atomic mass is 10.1. The van der Waals surface area contributed by atoms with Crippen LogP contribution in [-0.2, 0) is 17.8 Å². The van der Waals surface area contributed by atoms with E-state index in [1.165, 1.54) is 12.5 Å². The molecule has 0 aliphatic heterocycles. The largest absolute Gasteiger partial charge is 0.480 e. The third kappa shape index (κ3) is 4.68. The van der Waals surface area contributed by atoms with E-state index in [1.807, 2.05) is 30.3 Å². The Kier molecular flexibility index (Phi) is 4.98. The minimum Gasteiger partial charge on any atom is -0.480 e. The number of benzene rings is 1. The standard InChI is InChI=1S/C15H16N2O4/c18-14(19)13(8-11-4-2-1-3-5-11)17-15(20)16-9-12-6-7-21-10-12/h1-7,10,13H,8-9H2,(H,18,19)(H2,16,17,20)/t13-/m1/s1. The third-order valence-electron chi connectivity index (χ3n) is 2.92. The Morgan fingerprint density at radius 1 is 1.14 bits per heavy atom. The normalized spacial score (nSPS) is 11.6. The smallest absolute Gasteiger partial charge is 0.326 e. The van der Waals surface area contributed by atoms with E-state index in [-0.39, 0.29) is 13.0 Å². The Morgan fingerprint density at radius 2 is 1.90 bits per heavy atom. The quantitative estimate of drug-likeness (QED) is 0.755. The summed E-state index contributed by atoms with van der Waals surface area (Å²) in [5.41, 5.74) is 1.65. The molecule has 0 aliphatic rings. The van der Waals surface area contributed by atoms with Gasteiger partial charge in [0.15, 0.2) is 0 Å². The maximum Gasteiger partial charge on any atom is 0.326 e. The first-order valence-corrected chi connectivity index (χ1v) is 6.47. The topological polar surface area (TPSA) is 91.6 Å². The highest BCUT2D eigenvalue weighted by Crippen LogP contribution is 2.04. The molecule has 0 saturated carbocycles. The van der Waals surface area contributed by atoms with E-state index in [0.29, 0.717) is 0 Å². The number of urea groups is 1. The minimum atomic E-state index is -1.07. The molecule has 0 spiro atoms. The second-order valence-corrected chi connectivity index (χ2v) is 4.54. The molecule has 21 heavy (non-hydrogen) atoms. The maximum atomic E-state index is 11.7. The van der Waals surface area contributed by atoms with Crippen molar-refractivity contribution >= 4 is 12.0 Å². The summed E-state index contributed by atoms with van der Waals surface area (Å²) in [5.74, 6) is -1.07. The van der Waals surface area contributed by atoms with Gasteiger partial charge >= 0.3 is 12.0 Å². The second-order valence-electron chi connectivity index (χ2n) is 4.54. The number of furan rings is 1. The van der Waals surface area contributed by atoms with Crippen LogP contribution >= 0.6 is 0 Å². The van der Waals surface area contributed by atoms with Gasteiger partial charge in [0.2, 0.25) is 0 Å². The third-order valence-corrected chi connectivity index (χ3v) is 2.92. The molecule has 0 aliphatic carbocycles. The molecular weight excluding hydrogens is 272 g/mol. The van der Waals surface area contributed by atoms with E-state index in [1.54, 1.807) is 6.07 Å². The van der Waals surface area contributed by atoms with Crippen LogP contribution in [0.1, 0.15) is 11.1 Å². The molecular formula is C15H16N2O4. The summed E-state index contributed by atoms with van der Waals surface area (Å²) in [6, 6.07) is 9.36. The zero-order valence-electron chi connectivity index (χ0n) is 11.3. The molecule has 0 fully saturated rings. The Labute approximate surface area is 121 Å². The van der Waals surface area contributed by atoms with Gasteiger partial charge in [0.1, 0.15) is 6.04 Å².